The van der Waals surface area contributed by atoms with Gasteiger partial charge in [-0.15, -0.1) is 0 Å². The van der Waals surface area contributed by atoms with Crippen molar-refractivity contribution in [3.05, 3.63) is 29.3 Å². The van der Waals surface area contributed by atoms with Gasteiger partial charge in [0.05, 0.1) is 13.6 Å². The van der Waals surface area contributed by atoms with Crippen molar-refractivity contribution in [3.63, 3.8) is 0 Å². The van der Waals surface area contributed by atoms with Gasteiger partial charge in [0.1, 0.15) is 0 Å². The molecule has 1 aromatic carbocycles. The first-order chi connectivity index (χ1) is 4.61. The highest BCUT2D eigenvalue weighted by molar-refractivity contribution is 14.1. The van der Waals surface area contributed by atoms with Crippen LogP contribution in [0.25, 0.3) is 0 Å². The molecular weight excluding hydrogens is 397 g/mol. The minimum atomic E-state index is 0.720. The Morgan fingerprint density at radius 1 is 1.00 bits per heavy atom. The van der Waals surface area contributed by atoms with E-state index in [1.165, 1.54) is 0 Å². The second-order valence-electron chi connectivity index (χ2n) is 1.68. The summed E-state index contributed by atoms with van der Waals surface area (Å²) in [6.45, 7) is 0. The molecule has 0 fully saturated rings. The van der Waals surface area contributed by atoms with Crippen molar-refractivity contribution in [1.29, 1.82) is 0 Å². The monoisotopic (exact) mass is 398 g/mol. The van der Waals surface area contributed by atoms with E-state index < -0.39 is 0 Å². The van der Waals surface area contributed by atoms with Crippen LogP contribution < -0.4 is 0 Å². The molecule has 0 amide bonds. The number of benzene rings is 1. The van der Waals surface area contributed by atoms with Gasteiger partial charge < -0.3 is 0 Å². The van der Waals surface area contributed by atoms with Gasteiger partial charge in [-0.05, 0) is 57.3 Å². The largest absolute Gasteiger partial charge is 0.0831 e. The Labute approximate surface area is 96.6 Å². The molecule has 0 aliphatic heterocycles. The van der Waals surface area contributed by atoms with E-state index in [0.29, 0.717) is 0 Å². The van der Waals surface area contributed by atoms with Crippen LogP contribution in [0.4, 0.5) is 0 Å². The highest BCUT2D eigenvalue weighted by Crippen LogP contribution is 2.28. The zero-order valence-corrected chi connectivity index (χ0v) is 10.5. The molecule has 0 radical (unpaired) electrons. The molecule has 0 N–H and O–H groups in total. The first-order valence-electron chi connectivity index (χ1n) is 2.41. The zero-order chi connectivity index (χ0) is 7.72. The molecule has 0 bridgehead atoms. The molecule has 1 aromatic rings. The highest BCUT2D eigenvalue weighted by atomic mass is 127. The van der Waals surface area contributed by atoms with Crippen molar-refractivity contribution in [1.82, 2.24) is 0 Å². The van der Waals surface area contributed by atoms with Crippen molar-refractivity contribution in [2.45, 2.75) is 0 Å². The lowest BCUT2D eigenvalue weighted by Crippen LogP contribution is -1.78. The predicted octanol–water partition coefficient (Wildman–Crippen LogP) is 4.20. The minimum Gasteiger partial charge on any atom is -0.0831 e. The fourth-order valence-corrected chi connectivity index (χ4v) is 2.31. The first-order valence-corrected chi connectivity index (χ1v) is 5.32. The summed E-state index contributed by atoms with van der Waals surface area (Å²) in [4.78, 5) is 0. The number of hydrogen-bond donors (Lipinski definition) is 0. The van der Waals surface area contributed by atoms with Gasteiger partial charge in [-0.25, -0.2) is 0 Å². The maximum Gasteiger partial charge on any atom is 0.0565 e. The molecule has 0 heterocycles. The summed E-state index contributed by atoms with van der Waals surface area (Å²) < 4.78 is 1.98. The highest BCUT2D eigenvalue weighted by Gasteiger charge is 2.02. The molecule has 0 nitrogen and oxygen atoms in total. The summed E-state index contributed by atoms with van der Waals surface area (Å²) in [6.07, 6.45) is 0. The van der Waals surface area contributed by atoms with Gasteiger partial charge in [-0.2, -0.15) is 0 Å². The lowest BCUT2D eigenvalue weighted by Gasteiger charge is -1.98. The van der Waals surface area contributed by atoms with Gasteiger partial charge in [-0.1, -0.05) is 23.2 Å². The SMILES string of the molecule is Clc1cc(I)cc(Cl)c1I. The third kappa shape index (κ3) is 2.12. The van der Waals surface area contributed by atoms with Crippen molar-refractivity contribution < 1.29 is 0 Å². The van der Waals surface area contributed by atoms with E-state index in [4.69, 9.17) is 23.2 Å². The second-order valence-corrected chi connectivity index (χ2v) is 4.82. The summed E-state index contributed by atoms with van der Waals surface area (Å²) in [6, 6.07) is 3.77. The fraction of sp³-hybridized carbons (Fsp3) is 0. The van der Waals surface area contributed by atoms with Crippen LogP contribution in [0.15, 0.2) is 12.1 Å². The van der Waals surface area contributed by atoms with E-state index in [-0.39, 0.29) is 0 Å². The van der Waals surface area contributed by atoms with Crippen LogP contribution >= 0.6 is 68.4 Å². The van der Waals surface area contributed by atoms with Gasteiger partial charge in [0.25, 0.3) is 0 Å². The smallest absolute Gasteiger partial charge is 0.0565 e. The number of rotatable bonds is 0. The third-order valence-corrected chi connectivity index (χ3v) is 3.97. The summed E-state index contributed by atoms with van der Waals surface area (Å²) in [5.41, 5.74) is 0. The topological polar surface area (TPSA) is 0 Å². The normalized spacial score (nSPS) is 10.0. The average molecular weight is 399 g/mol. The van der Waals surface area contributed by atoms with Gasteiger partial charge >= 0.3 is 0 Å². The average Bonchev–Trinajstić information content (AvgIpc) is 1.82. The summed E-state index contributed by atoms with van der Waals surface area (Å²) in [5, 5.41) is 1.44. The van der Waals surface area contributed by atoms with Crippen LogP contribution in [0.3, 0.4) is 0 Å². The molecule has 0 saturated heterocycles. The summed E-state index contributed by atoms with van der Waals surface area (Å²) >= 11 is 15.9. The van der Waals surface area contributed by atoms with Crippen LogP contribution in [0.2, 0.25) is 10.0 Å². The Morgan fingerprint density at radius 3 is 1.80 bits per heavy atom. The van der Waals surface area contributed by atoms with Gasteiger partial charge in [0.15, 0.2) is 0 Å². The lowest BCUT2D eigenvalue weighted by atomic mass is 10.4. The van der Waals surface area contributed by atoms with E-state index in [2.05, 4.69) is 45.2 Å². The Bertz CT molecular complexity index is 237. The van der Waals surface area contributed by atoms with E-state index in [0.717, 1.165) is 17.2 Å². The van der Waals surface area contributed by atoms with Gasteiger partial charge in [0.2, 0.25) is 0 Å². The maximum absolute atomic E-state index is 5.82. The molecular formula is C6H2Cl2I2. The Hall–Kier alpha value is 1.26. The summed E-state index contributed by atoms with van der Waals surface area (Å²) in [7, 11) is 0. The molecule has 0 aliphatic carbocycles. The quantitative estimate of drug-likeness (QED) is 0.349. The minimum absolute atomic E-state index is 0.720. The van der Waals surface area contributed by atoms with Crippen molar-refractivity contribution >= 4 is 68.4 Å². The van der Waals surface area contributed by atoms with Crippen LogP contribution in [-0.4, -0.2) is 0 Å². The molecule has 0 aliphatic rings. The predicted molar refractivity (Wildman–Crippen MR) is 61.9 cm³/mol. The maximum atomic E-state index is 5.82. The van der Waals surface area contributed by atoms with Crippen molar-refractivity contribution in [2.75, 3.05) is 0 Å². The van der Waals surface area contributed by atoms with Crippen LogP contribution in [0, 0.1) is 7.14 Å². The standard InChI is InChI=1S/C6H2Cl2I2/c7-4-1-3(9)2-5(8)6(4)10/h1-2H. The number of hydrogen-bond acceptors (Lipinski definition) is 0. The Kier molecular flexibility index (Phi) is 3.53. The summed E-state index contributed by atoms with van der Waals surface area (Å²) in [5.74, 6) is 0. The van der Waals surface area contributed by atoms with Crippen molar-refractivity contribution in [3.8, 4) is 0 Å². The fourth-order valence-electron chi connectivity index (χ4n) is 0.525. The Morgan fingerprint density at radius 2 is 1.40 bits per heavy atom. The van der Waals surface area contributed by atoms with Crippen LogP contribution in [0.5, 0.6) is 0 Å². The van der Waals surface area contributed by atoms with Gasteiger partial charge in [-0.3, -0.25) is 0 Å². The first kappa shape index (κ1) is 9.35. The van der Waals surface area contributed by atoms with Gasteiger partial charge in [0, 0.05) is 3.57 Å². The molecule has 54 valence electrons. The molecule has 0 saturated carbocycles. The third-order valence-electron chi connectivity index (χ3n) is 0.949. The van der Waals surface area contributed by atoms with Crippen molar-refractivity contribution in [2.24, 2.45) is 0 Å². The molecule has 10 heavy (non-hydrogen) atoms. The molecule has 0 aromatic heterocycles. The molecule has 0 spiro atoms. The van der Waals surface area contributed by atoms with E-state index in [1.54, 1.807) is 0 Å². The second kappa shape index (κ2) is 3.78. The van der Waals surface area contributed by atoms with E-state index in [1.807, 2.05) is 12.1 Å². The zero-order valence-electron chi connectivity index (χ0n) is 4.67. The van der Waals surface area contributed by atoms with E-state index >= 15 is 0 Å². The molecule has 0 unspecified atom stereocenters. The lowest BCUT2D eigenvalue weighted by molar-refractivity contribution is 1.59. The van der Waals surface area contributed by atoms with E-state index in [9.17, 15) is 0 Å². The molecule has 4 heteroatoms. The molecule has 1 rings (SSSR count). The van der Waals surface area contributed by atoms with Crippen LogP contribution in [-0.2, 0) is 0 Å². The molecule has 0 atom stereocenters. The van der Waals surface area contributed by atoms with Crippen LogP contribution in [0.1, 0.15) is 0 Å². The Balaban J connectivity index is 3.31. The number of halogens is 4.